The Hall–Kier alpha value is -1.22. The Balaban J connectivity index is 2.67. The Morgan fingerprint density at radius 1 is 1.06 bits per heavy atom. The largest absolute Gasteiger partial charge is 0.495 e. The predicted molar refractivity (Wildman–Crippen MR) is 69.5 cm³/mol. The molecule has 0 atom stereocenters. The van der Waals surface area contributed by atoms with Gasteiger partial charge in [0.05, 0.1) is 12.8 Å². The maximum absolute atomic E-state index is 5.39. The standard InChI is InChI=1S/C13H14BrNO/c1-9-4-5-10(2)15(9)12-8-11(14)6-7-13(12)16-3/h4-8H,1-3H3. The highest BCUT2D eigenvalue weighted by atomic mass is 79.9. The van der Waals surface area contributed by atoms with Crippen LogP contribution >= 0.6 is 15.9 Å². The molecule has 0 aliphatic carbocycles. The van der Waals surface area contributed by atoms with Crippen LogP contribution in [0.2, 0.25) is 0 Å². The minimum atomic E-state index is 0.880. The number of hydrogen-bond acceptors (Lipinski definition) is 1. The molecule has 3 heteroatoms. The monoisotopic (exact) mass is 279 g/mol. The van der Waals surface area contributed by atoms with Gasteiger partial charge in [0, 0.05) is 15.9 Å². The van der Waals surface area contributed by atoms with Crippen LogP contribution in [-0.2, 0) is 0 Å². The van der Waals surface area contributed by atoms with Crippen molar-refractivity contribution in [1.29, 1.82) is 0 Å². The number of benzene rings is 1. The molecule has 0 radical (unpaired) electrons. The van der Waals surface area contributed by atoms with Crippen molar-refractivity contribution >= 4 is 15.9 Å². The molecule has 0 N–H and O–H groups in total. The number of halogens is 1. The lowest BCUT2D eigenvalue weighted by Crippen LogP contribution is -2.01. The summed E-state index contributed by atoms with van der Waals surface area (Å²) in [5.74, 6) is 0.880. The first-order valence-corrected chi connectivity index (χ1v) is 5.91. The summed E-state index contributed by atoms with van der Waals surface area (Å²) >= 11 is 3.49. The highest BCUT2D eigenvalue weighted by Gasteiger charge is 2.09. The third kappa shape index (κ3) is 1.87. The van der Waals surface area contributed by atoms with E-state index in [1.54, 1.807) is 7.11 Å². The van der Waals surface area contributed by atoms with E-state index in [9.17, 15) is 0 Å². The quantitative estimate of drug-likeness (QED) is 0.814. The van der Waals surface area contributed by atoms with Gasteiger partial charge in [-0.25, -0.2) is 0 Å². The van der Waals surface area contributed by atoms with Gasteiger partial charge >= 0.3 is 0 Å². The van der Waals surface area contributed by atoms with Gasteiger partial charge in [-0.1, -0.05) is 15.9 Å². The van der Waals surface area contributed by atoms with Crippen LogP contribution in [0.1, 0.15) is 11.4 Å². The lowest BCUT2D eigenvalue weighted by atomic mass is 10.2. The summed E-state index contributed by atoms with van der Waals surface area (Å²) in [5.41, 5.74) is 3.47. The number of methoxy groups -OCH3 is 1. The van der Waals surface area contributed by atoms with E-state index in [-0.39, 0.29) is 0 Å². The Bertz CT molecular complexity index is 497. The summed E-state index contributed by atoms with van der Waals surface area (Å²) in [6, 6.07) is 10.2. The highest BCUT2D eigenvalue weighted by molar-refractivity contribution is 9.10. The molecule has 2 rings (SSSR count). The molecule has 0 saturated carbocycles. The lowest BCUT2D eigenvalue weighted by molar-refractivity contribution is 0.412. The Kier molecular flexibility index (Phi) is 3.06. The highest BCUT2D eigenvalue weighted by Crippen LogP contribution is 2.29. The molecule has 1 aromatic heterocycles. The molecule has 2 nitrogen and oxygen atoms in total. The van der Waals surface area contributed by atoms with Gasteiger partial charge in [-0.15, -0.1) is 0 Å². The van der Waals surface area contributed by atoms with E-state index in [1.807, 2.05) is 12.1 Å². The minimum absolute atomic E-state index is 0.880. The molecule has 0 unspecified atom stereocenters. The summed E-state index contributed by atoms with van der Waals surface area (Å²) in [5, 5.41) is 0. The van der Waals surface area contributed by atoms with E-state index in [4.69, 9.17) is 4.74 Å². The average molecular weight is 280 g/mol. The van der Waals surface area contributed by atoms with Crippen LogP contribution in [0.3, 0.4) is 0 Å². The smallest absolute Gasteiger partial charge is 0.142 e. The molecule has 0 fully saturated rings. The van der Waals surface area contributed by atoms with Crippen molar-refractivity contribution in [2.24, 2.45) is 0 Å². The second-order valence-electron chi connectivity index (χ2n) is 3.77. The lowest BCUT2D eigenvalue weighted by Gasteiger charge is -2.14. The van der Waals surface area contributed by atoms with Gasteiger partial charge in [0.15, 0.2) is 0 Å². The van der Waals surface area contributed by atoms with Gasteiger partial charge in [0.2, 0.25) is 0 Å². The number of nitrogens with zero attached hydrogens (tertiary/aromatic N) is 1. The van der Waals surface area contributed by atoms with Gasteiger partial charge in [0.1, 0.15) is 5.75 Å². The molecule has 0 aliphatic heterocycles. The molecule has 1 aromatic carbocycles. The average Bonchev–Trinajstić information content (AvgIpc) is 2.58. The number of aromatic nitrogens is 1. The number of ether oxygens (including phenoxy) is 1. The van der Waals surface area contributed by atoms with Crippen LogP contribution in [0.4, 0.5) is 0 Å². The van der Waals surface area contributed by atoms with E-state index in [1.165, 1.54) is 11.4 Å². The molecule has 84 valence electrons. The zero-order valence-electron chi connectivity index (χ0n) is 9.62. The third-order valence-electron chi connectivity index (χ3n) is 2.65. The van der Waals surface area contributed by atoms with Crippen LogP contribution < -0.4 is 4.74 Å². The molecule has 0 spiro atoms. The first-order valence-electron chi connectivity index (χ1n) is 5.12. The van der Waals surface area contributed by atoms with Crippen molar-refractivity contribution in [2.45, 2.75) is 13.8 Å². The molecule has 16 heavy (non-hydrogen) atoms. The van der Waals surface area contributed by atoms with Crippen LogP contribution in [0, 0.1) is 13.8 Å². The van der Waals surface area contributed by atoms with Crippen LogP contribution in [0.15, 0.2) is 34.8 Å². The van der Waals surface area contributed by atoms with Crippen molar-refractivity contribution in [3.05, 3.63) is 46.2 Å². The Morgan fingerprint density at radius 3 is 2.25 bits per heavy atom. The van der Waals surface area contributed by atoms with E-state index in [0.29, 0.717) is 0 Å². The second-order valence-corrected chi connectivity index (χ2v) is 4.68. The zero-order valence-corrected chi connectivity index (χ0v) is 11.2. The number of rotatable bonds is 2. The Morgan fingerprint density at radius 2 is 1.69 bits per heavy atom. The SMILES string of the molecule is COc1ccc(Br)cc1-n1c(C)ccc1C. The molecular weight excluding hydrogens is 266 g/mol. The second kappa shape index (κ2) is 4.34. The van der Waals surface area contributed by atoms with Gasteiger partial charge in [-0.05, 0) is 44.2 Å². The number of aryl methyl sites for hydroxylation is 2. The van der Waals surface area contributed by atoms with E-state index < -0.39 is 0 Å². The molecule has 0 saturated heterocycles. The minimum Gasteiger partial charge on any atom is -0.495 e. The Labute approximate surface area is 104 Å². The summed E-state index contributed by atoms with van der Waals surface area (Å²) in [6.45, 7) is 4.18. The van der Waals surface area contributed by atoms with Crippen molar-refractivity contribution < 1.29 is 4.74 Å². The predicted octanol–water partition coefficient (Wildman–Crippen LogP) is 3.87. The first-order chi connectivity index (χ1) is 7.63. The topological polar surface area (TPSA) is 14.2 Å². The summed E-state index contributed by atoms with van der Waals surface area (Å²) < 4.78 is 8.63. The maximum Gasteiger partial charge on any atom is 0.142 e. The van der Waals surface area contributed by atoms with Crippen molar-refractivity contribution in [3.8, 4) is 11.4 Å². The fourth-order valence-corrected chi connectivity index (χ4v) is 2.24. The zero-order chi connectivity index (χ0) is 11.7. The molecule has 0 bridgehead atoms. The molecule has 0 amide bonds. The first kappa shape index (κ1) is 11.3. The molecule has 1 heterocycles. The van der Waals surface area contributed by atoms with E-state index in [0.717, 1.165) is 15.9 Å². The summed E-state index contributed by atoms with van der Waals surface area (Å²) in [6.07, 6.45) is 0. The molecule has 0 aliphatic rings. The van der Waals surface area contributed by atoms with Gasteiger partial charge in [-0.2, -0.15) is 0 Å². The van der Waals surface area contributed by atoms with Gasteiger partial charge in [-0.3, -0.25) is 0 Å². The molecular formula is C13H14BrNO. The van der Waals surface area contributed by atoms with E-state index >= 15 is 0 Å². The third-order valence-corrected chi connectivity index (χ3v) is 3.15. The summed E-state index contributed by atoms with van der Waals surface area (Å²) in [7, 11) is 1.70. The van der Waals surface area contributed by atoms with Crippen molar-refractivity contribution in [1.82, 2.24) is 4.57 Å². The van der Waals surface area contributed by atoms with Crippen LogP contribution in [-0.4, -0.2) is 11.7 Å². The van der Waals surface area contributed by atoms with Gasteiger partial charge < -0.3 is 9.30 Å². The maximum atomic E-state index is 5.39. The van der Waals surface area contributed by atoms with Crippen LogP contribution in [0.25, 0.3) is 5.69 Å². The van der Waals surface area contributed by atoms with Gasteiger partial charge in [0.25, 0.3) is 0 Å². The van der Waals surface area contributed by atoms with E-state index in [2.05, 4.69) is 52.5 Å². The van der Waals surface area contributed by atoms with Crippen molar-refractivity contribution in [3.63, 3.8) is 0 Å². The van der Waals surface area contributed by atoms with Crippen molar-refractivity contribution in [2.75, 3.05) is 7.11 Å². The molecule has 2 aromatic rings. The fraction of sp³-hybridized carbons (Fsp3) is 0.231. The summed E-state index contributed by atoms with van der Waals surface area (Å²) in [4.78, 5) is 0. The van der Waals surface area contributed by atoms with Crippen LogP contribution in [0.5, 0.6) is 5.75 Å². The number of hydrogen-bond donors (Lipinski definition) is 0. The normalized spacial score (nSPS) is 10.5. The fourth-order valence-electron chi connectivity index (χ4n) is 1.89.